The third-order valence-corrected chi connectivity index (χ3v) is 4.21. The van der Waals surface area contributed by atoms with E-state index in [1.165, 1.54) is 17.4 Å². The maximum Gasteiger partial charge on any atom is 0.343 e. The number of carbonyl (C=O) groups excluding carboxylic acids is 2. The number of ketones is 1. The van der Waals surface area contributed by atoms with Gasteiger partial charge in [0.15, 0.2) is 11.5 Å². The summed E-state index contributed by atoms with van der Waals surface area (Å²) in [5, 5.41) is 9.33. The van der Waals surface area contributed by atoms with Crippen LogP contribution in [0.25, 0.3) is 0 Å². The SMILES string of the molecule is CCC1=CC2=C(CC1)OC1=C(C(=O)O)C(=O)CC=C1N2C(C)=O. The summed E-state index contributed by atoms with van der Waals surface area (Å²) in [6.45, 7) is 3.46. The van der Waals surface area contributed by atoms with Gasteiger partial charge in [0.05, 0.1) is 11.4 Å². The Balaban J connectivity index is 2.21. The van der Waals surface area contributed by atoms with Crippen molar-refractivity contribution in [2.75, 3.05) is 0 Å². The van der Waals surface area contributed by atoms with Gasteiger partial charge in [-0.1, -0.05) is 12.5 Å². The molecule has 1 heterocycles. The van der Waals surface area contributed by atoms with Gasteiger partial charge in [0.25, 0.3) is 0 Å². The Labute approximate surface area is 133 Å². The van der Waals surface area contributed by atoms with Gasteiger partial charge in [-0.2, -0.15) is 0 Å². The number of ether oxygens (including phenoxy) is 1. The highest BCUT2D eigenvalue weighted by molar-refractivity contribution is 6.19. The molecule has 0 aromatic rings. The lowest BCUT2D eigenvalue weighted by molar-refractivity contribution is -0.135. The van der Waals surface area contributed by atoms with Crippen LogP contribution in [0.1, 0.15) is 39.5 Å². The lowest BCUT2D eigenvalue weighted by Gasteiger charge is -2.37. The Morgan fingerprint density at radius 2 is 2.09 bits per heavy atom. The molecule has 3 rings (SSSR count). The number of carboxylic acid groups (broad SMARTS) is 1. The molecule has 120 valence electrons. The average molecular weight is 315 g/mol. The topological polar surface area (TPSA) is 83.9 Å². The minimum atomic E-state index is -1.33. The van der Waals surface area contributed by atoms with Gasteiger partial charge >= 0.3 is 5.97 Å². The van der Waals surface area contributed by atoms with Gasteiger partial charge in [0.1, 0.15) is 11.3 Å². The van der Waals surface area contributed by atoms with Gasteiger partial charge in [-0.15, -0.1) is 0 Å². The Kier molecular flexibility index (Phi) is 3.67. The van der Waals surface area contributed by atoms with Crippen molar-refractivity contribution in [1.29, 1.82) is 0 Å². The van der Waals surface area contributed by atoms with Gasteiger partial charge in [-0.3, -0.25) is 14.5 Å². The number of allylic oxidation sites excluding steroid dienone is 4. The fraction of sp³-hybridized carbons (Fsp3) is 0.353. The van der Waals surface area contributed by atoms with Crippen LogP contribution in [0.2, 0.25) is 0 Å². The zero-order valence-corrected chi connectivity index (χ0v) is 13.0. The van der Waals surface area contributed by atoms with E-state index in [9.17, 15) is 19.5 Å². The second-order valence-corrected chi connectivity index (χ2v) is 5.65. The van der Waals surface area contributed by atoms with E-state index in [1.807, 2.05) is 13.0 Å². The molecule has 0 fully saturated rings. The molecule has 0 saturated heterocycles. The van der Waals surface area contributed by atoms with Crippen LogP contribution in [-0.2, 0) is 19.1 Å². The Bertz CT molecular complexity index is 751. The summed E-state index contributed by atoms with van der Waals surface area (Å²) in [5.41, 5.74) is 1.82. The molecule has 2 aliphatic carbocycles. The maximum absolute atomic E-state index is 12.2. The number of hydrogen-bond acceptors (Lipinski definition) is 4. The molecule has 0 bridgehead atoms. The van der Waals surface area contributed by atoms with Gasteiger partial charge in [0, 0.05) is 19.8 Å². The van der Waals surface area contributed by atoms with E-state index in [-0.39, 0.29) is 23.7 Å². The van der Waals surface area contributed by atoms with Crippen molar-refractivity contribution in [2.45, 2.75) is 39.5 Å². The molecule has 6 heteroatoms. The van der Waals surface area contributed by atoms with Gasteiger partial charge in [-0.05, 0) is 25.0 Å². The molecule has 1 aliphatic heterocycles. The maximum atomic E-state index is 12.2. The van der Waals surface area contributed by atoms with Crippen LogP contribution in [0.5, 0.6) is 0 Å². The molecule has 23 heavy (non-hydrogen) atoms. The van der Waals surface area contributed by atoms with Crippen LogP contribution >= 0.6 is 0 Å². The van der Waals surface area contributed by atoms with Crippen molar-refractivity contribution >= 4 is 17.7 Å². The molecule has 0 aromatic heterocycles. The zero-order chi connectivity index (χ0) is 16.7. The Morgan fingerprint density at radius 1 is 1.35 bits per heavy atom. The molecular weight excluding hydrogens is 298 g/mol. The largest absolute Gasteiger partial charge is 0.477 e. The molecule has 0 aromatic carbocycles. The summed E-state index contributed by atoms with van der Waals surface area (Å²) in [5.74, 6) is -1.56. The molecule has 0 spiro atoms. The number of nitrogens with zero attached hydrogens (tertiary/aromatic N) is 1. The van der Waals surface area contributed by atoms with Crippen LogP contribution in [0.15, 0.2) is 46.2 Å². The normalized spacial score (nSPS) is 20.4. The first-order chi connectivity index (χ1) is 10.9. The first-order valence-corrected chi connectivity index (χ1v) is 7.56. The highest BCUT2D eigenvalue weighted by atomic mass is 16.5. The smallest absolute Gasteiger partial charge is 0.343 e. The molecule has 1 N–H and O–H groups in total. The van der Waals surface area contributed by atoms with Gasteiger partial charge in [-0.25, -0.2) is 4.79 Å². The number of fused-ring (bicyclic) bond motifs is 1. The average Bonchev–Trinajstić information content (AvgIpc) is 2.51. The van der Waals surface area contributed by atoms with Crippen molar-refractivity contribution in [3.8, 4) is 0 Å². The van der Waals surface area contributed by atoms with E-state index in [0.29, 0.717) is 23.6 Å². The Morgan fingerprint density at radius 3 is 2.70 bits per heavy atom. The Hall–Kier alpha value is -2.63. The predicted molar refractivity (Wildman–Crippen MR) is 80.6 cm³/mol. The van der Waals surface area contributed by atoms with Crippen LogP contribution in [0.4, 0.5) is 0 Å². The van der Waals surface area contributed by atoms with E-state index < -0.39 is 11.8 Å². The molecule has 0 unspecified atom stereocenters. The summed E-state index contributed by atoms with van der Waals surface area (Å²) in [7, 11) is 0. The molecule has 1 amide bonds. The first kappa shape index (κ1) is 15.3. The summed E-state index contributed by atoms with van der Waals surface area (Å²) in [6, 6.07) is 0. The summed E-state index contributed by atoms with van der Waals surface area (Å²) in [4.78, 5) is 37.0. The van der Waals surface area contributed by atoms with Crippen LogP contribution < -0.4 is 0 Å². The highest BCUT2D eigenvalue weighted by Gasteiger charge is 2.39. The van der Waals surface area contributed by atoms with E-state index >= 15 is 0 Å². The minimum Gasteiger partial charge on any atom is -0.477 e. The van der Waals surface area contributed by atoms with E-state index in [4.69, 9.17) is 4.74 Å². The number of amides is 1. The van der Waals surface area contributed by atoms with Crippen molar-refractivity contribution in [3.63, 3.8) is 0 Å². The van der Waals surface area contributed by atoms with E-state index in [2.05, 4.69) is 0 Å². The molecule has 6 nitrogen and oxygen atoms in total. The number of Topliss-reactive ketones (excluding diaryl/α,β-unsaturated/α-hetero) is 1. The number of aliphatic carboxylic acids is 1. The van der Waals surface area contributed by atoms with Gasteiger partial charge in [0.2, 0.25) is 5.91 Å². The second kappa shape index (κ2) is 5.53. The summed E-state index contributed by atoms with van der Waals surface area (Å²) >= 11 is 0. The first-order valence-electron chi connectivity index (χ1n) is 7.56. The van der Waals surface area contributed by atoms with Crippen molar-refractivity contribution in [3.05, 3.63) is 46.2 Å². The lowest BCUT2D eigenvalue weighted by atomic mass is 9.93. The molecule has 0 saturated carbocycles. The minimum absolute atomic E-state index is 0.0175. The third kappa shape index (κ3) is 2.40. The third-order valence-electron chi connectivity index (χ3n) is 4.21. The van der Waals surface area contributed by atoms with E-state index in [0.717, 1.165) is 12.8 Å². The molecule has 0 atom stereocenters. The van der Waals surface area contributed by atoms with Crippen molar-refractivity contribution in [1.82, 2.24) is 4.90 Å². The molecule has 0 radical (unpaired) electrons. The van der Waals surface area contributed by atoms with Gasteiger partial charge < -0.3 is 9.84 Å². The number of carboxylic acids is 1. The number of carbonyl (C=O) groups is 3. The van der Waals surface area contributed by atoms with Crippen LogP contribution in [0, 0.1) is 0 Å². The standard InChI is InChI=1S/C17H17NO5/c1-3-10-4-7-14-12(8-10)18(9(2)19)11-5-6-13(20)15(17(21)22)16(11)23-14/h5,8H,3-4,6-7H2,1-2H3,(H,21,22). The quantitative estimate of drug-likeness (QED) is 0.791. The van der Waals surface area contributed by atoms with Crippen LogP contribution in [0.3, 0.4) is 0 Å². The summed E-state index contributed by atoms with van der Waals surface area (Å²) in [6.07, 6.45) is 5.68. The second-order valence-electron chi connectivity index (χ2n) is 5.65. The molecule has 3 aliphatic rings. The monoisotopic (exact) mass is 315 g/mol. The fourth-order valence-electron chi connectivity index (χ4n) is 3.06. The number of hydrogen-bond donors (Lipinski definition) is 1. The van der Waals surface area contributed by atoms with Crippen LogP contribution in [-0.4, -0.2) is 27.7 Å². The predicted octanol–water partition coefficient (Wildman–Crippen LogP) is 2.40. The fourth-order valence-corrected chi connectivity index (χ4v) is 3.06. The zero-order valence-electron chi connectivity index (χ0n) is 13.0. The number of rotatable bonds is 2. The molecular formula is C17H17NO5. The van der Waals surface area contributed by atoms with E-state index in [1.54, 1.807) is 6.08 Å². The van der Waals surface area contributed by atoms with Crippen molar-refractivity contribution < 1.29 is 24.2 Å². The highest BCUT2D eigenvalue weighted by Crippen LogP contribution is 2.41. The lowest BCUT2D eigenvalue weighted by Crippen LogP contribution is -2.37. The van der Waals surface area contributed by atoms with Crippen molar-refractivity contribution in [2.24, 2.45) is 0 Å². The summed E-state index contributed by atoms with van der Waals surface area (Å²) < 4.78 is 5.76.